The molecule has 3 aromatic carbocycles. The number of halogens is 1. The fourth-order valence-electron chi connectivity index (χ4n) is 3.72. The zero-order valence-corrected chi connectivity index (χ0v) is 21.9. The predicted molar refractivity (Wildman–Crippen MR) is 145 cm³/mol. The first-order valence-electron chi connectivity index (χ1n) is 11.6. The summed E-state index contributed by atoms with van der Waals surface area (Å²) in [6, 6.07) is 13.7. The van der Waals surface area contributed by atoms with E-state index in [1.807, 2.05) is 19.1 Å². The average Bonchev–Trinajstić information content (AvgIpc) is 2.91. The van der Waals surface area contributed by atoms with Crippen LogP contribution in [0.5, 0.6) is 11.5 Å². The number of benzene rings is 3. The van der Waals surface area contributed by atoms with E-state index in [4.69, 9.17) is 21.1 Å². The lowest BCUT2D eigenvalue weighted by atomic mass is 10.1. The Morgan fingerprint density at radius 3 is 2.40 bits per heavy atom. The lowest BCUT2D eigenvalue weighted by Crippen LogP contribution is -2.54. The third kappa shape index (κ3) is 6.08. The molecule has 1 fully saturated rings. The number of hydrogen-bond donors (Lipinski definition) is 2. The number of nitrogens with zero attached hydrogens (tertiary/aromatic N) is 2. The average molecular weight is 565 g/mol. The molecular formula is C27H21ClN4O8. The minimum Gasteiger partial charge on any atom is -0.493 e. The van der Waals surface area contributed by atoms with Gasteiger partial charge in [-0.15, -0.1) is 0 Å². The van der Waals surface area contributed by atoms with Crippen molar-refractivity contribution in [3.63, 3.8) is 0 Å². The highest BCUT2D eigenvalue weighted by atomic mass is 35.5. The van der Waals surface area contributed by atoms with Gasteiger partial charge in [0, 0.05) is 17.8 Å². The normalized spacial score (nSPS) is 14.1. The molecule has 3 aromatic rings. The van der Waals surface area contributed by atoms with E-state index in [2.05, 4.69) is 10.6 Å². The van der Waals surface area contributed by atoms with Crippen LogP contribution in [0.3, 0.4) is 0 Å². The molecule has 0 atom stereocenters. The van der Waals surface area contributed by atoms with Crippen LogP contribution in [0.1, 0.15) is 11.1 Å². The van der Waals surface area contributed by atoms with E-state index in [1.165, 1.54) is 37.5 Å². The summed E-state index contributed by atoms with van der Waals surface area (Å²) in [6.45, 7) is 1.55. The van der Waals surface area contributed by atoms with Crippen LogP contribution in [0.15, 0.2) is 66.2 Å². The number of rotatable bonds is 8. The number of non-ortho nitro benzene ring substituents is 1. The van der Waals surface area contributed by atoms with Gasteiger partial charge in [0.25, 0.3) is 23.4 Å². The molecule has 0 saturated carbocycles. The van der Waals surface area contributed by atoms with Crippen molar-refractivity contribution in [2.45, 2.75) is 6.92 Å². The van der Waals surface area contributed by atoms with Gasteiger partial charge in [-0.25, -0.2) is 9.69 Å². The van der Waals surface area contributed by atoms with Crippen molar-refractivity contribution in [3.05, 3.63) is 92.5 Å². The monoisotopic (exact) mass is 564 g/mol. The summed E-state index contributed by atoms with van der Waals surface area (Å²) in [4.78, 5) is 61.4. The number of imide groups is 2. The van der Waals surface area contributed by atoms with Gasteiger partial charge in [-0.1, -0.05) is 29.3 Å². The SMILES string of the molecule is COc1cc(/C=C2\C(=O)NC(=O)N(c3ccc([N+](=O)[O-])cc3)C2=O)cc(Cl)c1OCC(=O)Nc1ccc(C)cc1. The lowest BCUT2D eigenvalue weighted by molar-refractivity contribution is -0.384. The molecule has 12 nitrogen and oxygen atoms in total. The van der Waals surface area contributed by atoms with E-state index in [1.54, 1.807) is 12.1 Å². The number of carbonyl (C=O) groups excluding carboxylic acids is 4. The molecule has 1 saturated heterocycles. The zero-order valence-electron chi connectivity index (χ0n) is 21.1. The Morgan fingerprint density at radius 1 is 1.10 bits per heavy atom. The summed E-state index contributed by atoms with van der Waals surface area (Å²) in [6.07, 6.45) is 1.20. The number of urea groups is 1. The Balaban J connectivity index is 1.55. The van der Waals surface area contributed by atoms with Crippen LogP contribution in [-0.4, -0.2) is 42.4 Å². The van der Waals surface area contributed by atoms with Crippen LogP contribution in [-0.2, 0) is 14.4 Å². The second-order valence-electron chi connectivity index (χ2n) is 8.47. The number of aryl methyl sites for hydroxylation is 1. The Labute approximate surface area is 232 Å². The number of anilines is 2. The van der Waals surface area contributed by atoms with Gasteiger partial charge in [0.05, 0.1) is 22.7 Å². The summed E-state index contributed by atoms with van der Waals surface area (Å²) in [5, 5.41) is 15.7. The molecule has 40 heavy (non-hydrogen) atoms. The van der Waals surface area contributed by atoms with Gasteiger partial charge in [-0.2, -0.15) is 0 Å². The maximum atomic E-state index is 13.1. The number of barbiturate groups is 1. The van der Waals surface area contributed by atoms with Crippen molar-refractivity contribution in [2.24, 2.45) is 0 Å². The van der Waals surface area contributed by atoms with Crippen LogP contribution >= 0.6 is 11.6 Å². The fourth-order valence-corrected chi connectivity index (χ4v) is 3.99. The number of nitro benzene ring substituents is 1. The number of nitro groups is 1. The van der Waals surface area contributed by atoms with Gasteiger partial charge >= 0.3 is 6.03 Å². The van der Waals surface area contributed by atoms with E-state index in [-0.39, 0.29) is 40.1 Å². The van der Waals surface area contributed by atoms with E-state index in [9.17, 15) is 29.3 Å². The predicted octanol–water partition coefficient (Wildman–Crippen LogP) is 4.25. The lowest BCUT2D eigenvalue weighted by Gasteiger charge is -2.26. The molecule has 0 spiro atoms. The van der Waals surface area contributed by atoms with Gasteiger partial charge in [-0.3, -0.25) is 29.8 Å². The first-order valence-corrected chi connectivity index (χ1v) is 12.0. The molecule has 1 aliphatic rings. The van der Waals surface area contributed by atoms with E-state index in [0.717, 1.165) is 17.7 Å². The van der Waals surface area contributed by atoms with Crippen LogP contribution in [0.4, 0.5) is 21.9 Å². The molecule has 0 bridgehead atoms. The summed E-state index contributed by atoms with van der Waals surface area (Å²) in [5.41, 5.74) is 1.28. The first kappa shape index (κ1) is 27.8. The maximum Gasteiger partial charge on any atom is 0.335 e. The van der Waals surface area contributed by atoms with Crippen molar-refractivity contribution >= 4 is 58.5 Å². The highest BCUT2D eigenvalue weighted by Crippen LogP contribution is 2.37. The van der Waals surface area contributed by atoms with Gasteiger partial charge in [-0.05, 0) is 55.0 Å². The number of amides is 5. The summed E-state index contributed by atoms with van der Waals surface area (Å²) in [7, 11) is 1.34. The summed E-state index contributed by atoms with van der Waals surface area (Å²) in [5.74, 6) is -2.15. The highest BCUT2D eigenvalue weighted by molar-refractivity contribution is 6.39. The van der Waals surface area contributed by atoms with Crippen LogP contribution in [0, 0.1) is 17.0 Å². The van der Waals surface area contributed by atoms with Crippen molar-refractivity contribution < 1.29 is 33.6 Å². The van der Waals surface area contributed by atoms with Crippen molar-refractivity contribution in [1.29, 1.82) is 0 Å². The number of methoxy groups -OCH3 is 1. The number of hydrogen-bond acceptors (Lipinski definition) is 8. The Hall–Kier alpha value is -5.23. The standard InChI is InChI=1S/C27H21ClN4O8/c1-15-3-5-17(6-4-15)29-23(33)14-40-24-21(28)12-16(13-22(24)39-2)11-20-25(34)30-27(36)31(26(20)35)18-7-9-19(10-8-18)32(37)38/h3-13H,14H2,1-2H3,(H,29,33)(H,30,34,36)/b20-11+. The van der Waals surface area contributed by atoms with E-state index >= 15 is 0 Å². The molecule has 1 aliphatic heterocycles. The fraction of sp³-hybridized carbons (Fsp3) is 0.111. The summed E-state index contributed by atoms with van der Waals surface area (Å²) >= 11 is 6.38. The van der Waals surface area contributed by atoms with E-state index < -0.39 is 34.2 Å². The molecule has 0 unspecified atom stereocenters. The molecule has 4 rings (SSSR count). The topological polar surface area (TPSA) is 157 Å². The van der Waals surface area contributed by atoms with Crippen molar-refractivity contribution in [1.82, 2.24) is 5.32 Å². The van der Waals surface area contributed by atoms with Crippen LogP contribution < -0.4 is 25.0 Å². The number of ether oxygens (including phenoxy) is 2. The van der Waals surface area contributed by atoms with Crippen LogP contribution in [0.25, 0.3) is 6.08 Å². The molecule has 204 valence electrons. The largest absolute Gasteiger partial charge is 0.493 e. The van der Waals surface area contributed by atoms with Crippen LogP contribution in [0.2, 0.25) is 5.02 Å². The Bertz CT molecular complexity index is 1550. The highest BCUT2D eigenvalue weighted by Gasteiger charge is 2.37. The zero-order chi connectivity index (χ0) is 29.0. The number of nitrogens with one attached hydrogen (secondary N) is 2. The van der Waals surface area contributed by atoms with Gasteiger partial charge < -0.3 is 14.8 Å². The molecule has 1 heterocycles. The summed E-state index contributed by atoms with van der Waals surface area (Å²) < 4.78 is 10.9. The van der Waals surface area contributed by atoms with Crippen molar-refractivity contribution in [3.8, 4) is 11.5 Å². The van der Waals surface area contributed by atoms with Gasteiger partial charge in [0.15, 0.2) is 18.1 Å². The van der Waals surface area contributed by atoms with Gasteiger partial charge in [0.2, 0.25) is 0 Å². The molecule has 5 amide bonds. The van der Waals surface area contributed by atoms with Gasteiger partial charge in [0.1, 0.15) is 5.57 Å². The molecule has 13 heteroatoms. The Kier molecular flexibility index (Phi) is 8.10. The second-order valence-corrected chi connectivity index (χ2v) is 8.88. The first-order chi connectivity index (χ1) is 19.1. The smallest absolute Gasteiger partial charge is 0.335 e. The molecule has 2 N–H and O–H groups in total. The molecular weight excluding hydrogens is 544 g/mol. The Morgan fingerprint density at radius 2 is 1.77 bits per heavy atom. The van der Waals surface area contributed by atoms with Crippen molar-refractivity contribution in [2.75, 3.05) is 23.9 Å². The number of carbonyl (C=O) groups is 4. The quantitative estimate of drug-likeness (QED) is 0.178. The minimum absolute atomic E-state index is 0.0229. The second kappa shape index (κ2) is 11.7. The molecule has 0 aliphatic carbocycles. The van der Waals surface area contributed by atoms with E-state index in [0.29, 0.717) is 10.6 Å². The third-order valence-electron chi connectivity index (χ3n) is 5.67. The minimum atomic E-state index is -1.01. The molecule has 0 aromatic heterocycles. The molecule has 0 radical (unpaired) electrons. The third-order valence-corrected chi connectivity index (χ3v) is 5.95. The maximum absolute atomic E-state index is 13.1.